The zero-order chi connectivity index (χ0) is 25.2. The molecule has 0 bridgehead atoms. The van der Waals surface area contributed by atoms with Crippen LogP contribution >= 0.6 is 0 Å². The second-order valence-corrected chi connectivity index (χ2v) is 10.1. The minimum atomic E-state index is -4.08. The van der Waals surface area contributed by atoms with Crippen molar-refractivity contribution in [3.05, 3.63) is 48.8 Å². The molecule has 0 saturated carbocycles. The summed E-state index contributed by atoms with van der Waals surface area (Å²) in [4.78, 5) is 22.4. The highest BCUT2D eigenvalue weighted by molar-refractivity contribution is 7.89. The van der Waals surface area contributed by atoms with Crippen LogP contribution in [0, 0.1) is 0 Å². The van der Waals surface area contributed by atoms with Crippen LogP contribution < -0.4 is 10.5 Å². The van der Waals surface area contributed by atoms with Crippen molar-refractivity contribution >= 4 is 32.8 Å². The number of likely N-dealkylation sites (tertiary alicyclic amines) is 1. The van der Waals surface area contributed by atoms with E-state index < -0.39 is 22.2 Å². The number of fused-ring (bicyclic) bond motifs is 1. The Bertz CT molecular complexity index is 1340. The van der Waals surface area contributed by atoms with Crippen LogP contribution in [0.5, 0.6) is 0 Å². The zero-order valence-electron chi connectivity index (χ0n) is 18.8. The van der Waals surface area contributed by atoms with E-state index in [1.807, 2.05) is 0 Å². The number of benzene rings is 1. The van der Waals surface area contributed by atoms with E-state index in [2.05, 4.69) is 21.3 Å². The second kappa shape index (κ2) is 10.0. The van der Waals surface area contributed by atoms with Gasteiger partial charge in [0, 0.05) is 25.2 Å². The summed E-state index contributed by atoms with van der Waals surface area (Å²) in [6, 6.07) is 6.72. The molecule has 3 aromatic rings. The Hall–Kier alpha value is -3.45. The molecule has 13 heteroatoms. The van der Waals surface area contributed by atoms with Crippen molar-refractivity contribution in [2.24, 2.45) is 0 Å². The molecule has 1 amide bonds. The Labute approximate surface area is 200 Å². The summed E-state index contributed by atoms with van der Waals surface area (Å²) in [5.74, 6) is -1.12. The van der Waals surface area contributed by atoms with Gasteiger partial charge in [-0.25, -0.2) is 36.6 Å². The number of nitrogens with one attached hydrogen (secondary N) is 1. The van der Waals surface area contributed by atoms with Crippen LogP contribution in [-0.4, -0.2) is 64.2 Å². The molecular weight excluding hydrogens is 480 g/mol. The highest BCUT2D eigenvalue weighted by atomic mass is 32.2. The lowest BCUT2D eigenvalue weighted by molar-refractivity contribution is -0.127. The minimum Gasteiger partial charge on any atom is -0.383 e. The first-order valence-corrected chi connectivity index (χ1v) is 12.6. The van der Waals surface area contributed by atoms with Crippen LogP contribution in [0.4, 0.5) is 14.6 Å². The predicted octanol–water partition coefficient (Wildman–Crippen LogP) is 2.11. The maximum absolute atomic E-state index is 12.4. The number of carbonyl (C=O) groups excluding carboxylic acids is 1. The Morgan fingerprint density at radius 2 is 2.03 bits per heavy atom. The summed E-state index contributed by atoms with van der Waals surface area (Å²) in [5, 5.41) is 5.36. The number of piperidine rings is 1. The first-order valence-electron chi connectivity index (χ1n) is 10.9. The standard InChI is InChI=1S/C22H25F2N7O3S/c1-2-18(32)30-9-3-4-16(11-30)31-22-19(21(25)26-13-27-22)20(29-31)15-7-5-14(6-8-15)10-28-35(33,34)12-17(23)24/h2,5-8,13,16-17,28H,1,3-4,9-12H2,(H2,25,26,27). The molecule has 1 aliphatic heterocycles. The number of carbonyl (C=O) groups is 1. The fourth-order valence-electron chi connectivity index (χ4n) is 4.13. The molecule has 1 fully saturated rings. The lowest BCUT2D eigenvalue weighted by Gasteiger charge is -2.32. The van der Waals surface area contributed by atoms with E-state index in [9.17, 15) is 22.0 Å². The number of amides is 1. The average Bonchev–Trinajstić information content (AvgIpc) is 3.23. The summed E-state index contributed by atoms with van der Waals surface area (Å²) in [7, 11) is -4.08. The first-order chi connectivity index (χ1) is 16.7. The second-order valence-electron chi connectivity index (χ2n) is 8.23. The highest BCUT2D eigenvalue weighted by Crippen LogP contribution is 2.33. The van der Waals surface area contributed by atoms with E-state index in [0.29, 0.717) is 40.9 Å². The van der Waals surface area contributed by atoms with Gasteiger partial charge in [-0.3, -0.25) is 4.79 Å². The fourth-order valence-corrected chi connectivity index (χ4v) is 4.97. The third kappa shape index (κ3) is 5.46. The quantitative estimate of drug-likeness (QED) is 0.448. The zero-order valence-corrected chi connectivity index (χ0v) is 19.6. The molecule has 3 heterocycles. The van der Waals surface area contributed by atoms with Gasteiger partial charge in [0.2, 0.25) is 15.9 Å². The average molecular weight is 506 g/mol. The highest BCUT2D eigenvalue weighted by Gasteiger charge is 2.28. The molecule has 0 radical (unpaired) electrons. The molecule has 1 atom stereocenters. The maximum atomic E-state index is 12.4. The van der Waals surface area contributed by atoms with Gasteiger partial charge in [-0.15, -0.1) is 0 Å². The van der Waals surface area contributed by atoms with Gasteiger partial charge >= 0.3 is 0 Å². The molecule has 35 heavy (non-hydrogen) atoms. The number of alkyl halides is 2. The number of halogens is 2. The minimum absolute atomic E-state index is 0.110. The first kappa shape index (κ1) is 24.7. The SMILES string of the molecule is C=CC(=O)N1CCCC(n2nc(-c3ccc(CNS(=O)(=O)CC(F)F)cc3)c3c(N)ncnc32)C1. The summed E-state index contributed by atoms with van der Waals surface area (Å²) < 4.78 is 52.1. The summed E-state index contributed by atoms with van der Waals surface area (Å²) in [6.07, 6.45) is 1.32. The van der Waals surface area contributed by atoms with Gasteiger partial charge in [-0.2, -0.15) is 5.10 Å². The van der Waals surface area contributed by atoms with Crippen molar-refractivity contribution in [2.45, 2.75) is 31.9 Å². The van der Waals surface area contributed by atoms with E-state index in [1.165, 1.54) is 12.4 Å². The molecule has 3 N–H and O–H groups in total. The summed E-state index contributed by atoms with van der Waals surface area (Å²) in [6.45, 7) is 4.55. The number of anilines is 1. The van der Waals surface area contributed by atoms with Crippen molar-refractivity contribution in [1.82, 2.24) is 29.4 Å². The van der Waals surface area contributed by atoms with Gasteiger partial charge in [-0.05, 0) is 24.5 Å². The normalized spacial score (nSPS) is 16.7. The van der Waals surface area contributed by atoms with Gasteiger partial charge in [0.25, 0.3) is 6.43 Å². The number of sulfonamides is 1. The van der Waals surface area contributed by atoms with E-state index in [4.69, 9.17) is 10.8 Å². The van der Waals surface area contributed by atoms with Gasteiger partial charge in [0.15, 0.2) is 5.65 Å². The number of rotatable bonds is 8. The molecule has 1 aliphatic rings. The lowest BCUT2D eigenvalue weighted by Crippen LogP contribution is -2.40. The van der Waals surface area contributed by atoms with Gasteiger partial charge in [-0.1, -0.05) is 30.8 Å². The van der Waals surface area contributed by atoms with Gasteiger partial charge in [0.05, 0.1) is 11.4 Å². The Morgan fingerprint density at radius 3 is 2.71 bits per heavy atom. The Morgan fingerprint density at radius 1 is 1.29 bits per heavy atom. The fraction of sp³-hybridized carbons (Fsp3) is 0.364. The molecule has 2 aromatic heterocycles. The monoisotopic (exact) mass is 505 g/mol. The van der Waals surface area contributed by atoms with E-state index in [-0.39, 0.29) is 24.3 Å². The number of nitrogen functional groups attached to an aromatic ring is 1. The van der Waals surface area contributed by atoms with Crippen LogP contribution in [0.3, 0.4) is 0 Å². The third-order valence-corrected chi connectivity index (χ3v) is 7.09. The van der Waals surface area contributed by atoms with Crippen molar-refractivity contribution < 1.29 is 22.0 Å². The van der Waals surface area contributed by atoms with Crippen molar-refractivity contribution in [3.63, 3.8) is 0 Å². The lowest BCUT2D eigenvalue weighted by atomic mass is 10.1. The van der Waals surface area contributed by atoms with Crippen LogP contribution in [0.2, 0.25) is 0 Å². The van der Waals surface area contributed by atoms with Crippen molar-refractivity contribution in [1.29, 1.82) is 0 Å². The van der Waals surface area contributed by atoms with Crippen molar-refractivity contribution in [2.75, 3.05) is 24.6 Å². The van der Waals surface area contributed by atoms with E-state index in [0.717, 1.165) is 12.8 Å². The van der Waals surface area contributed by atoms with Crippen molar-refractivity contribution in [3.8, 4) is 11.3 Å². The van der Waals surface area contributed by atoms with Crippen LogP contribution in [0.15, 0.2) is 43.2 Å². The molecular formula is C22H25F2N7O3S. The third-order valence-electron chi connectivity index (χ3n) is 5.82. The van der Waals surface area contributed by atoms with E-state index in [1.54, 1.807) is 33.8 Å². The maximum Gasteiger partial charge on any atom is 0.253 e. The van der Waals surface area contributed by atoms with E-state index >= 15 is 0 Å². The number of nitrogens with zero attached hydrogens (tertiary/aromatic N) is 5. The summed E-state index contributed by atoms with van der Waals surface area (Å²) in [5.41, 5.74) is 8.57. The molecule has 1 unspecified atom stereocenters. The van der Waals surface area contributed by atoms with Crippen LogP contribution in [-0.2, 0) is 21.4 Å². The number of nitrogens with two attached hydrogens (primary N) is 1. The topological polar surface area (TPSA) is 136 Å². The number of hydrogen-bond acceptors (Lipinski definition) is 7. The summed E-state index contributed by atoms with van der Waals surface area (Å²) >= 11 is 0. The molecule has 0 spiro atoms. The molecule has 4 rings (SSSR count). The molecule has 1 aromatic carbocycles. The van der Waals surface area contributed by atoms with Crippen LogP contribution in [0.1, 0.15) is 24.4 Å². The Balaban J connectivity index is 1.63. The molecule has 1 saturated heterocycles. The smallest absolute Gasteiger partial charge is 0.253 e. The Kier molecular flexibility index (Phi) is 7.08. The number of aromatic nitrogens is 4. The molecule has 10 nitrogen and oxygen atoms in total. The molecule has 186 valence electrons. The predicted molar refractivity (Wildman–Crippen MR) is 127 cm³/mol. The van der Waals surface area contributed by atoms with Gasteiger partial charge < -0.3 is 10.6 Å². The number of hydrogen-bond donors (Lipinski definition) is 2. The van der Waals surface area contributed by atoms with Crippen LogP contribution in [0.25, 0.3) is 22.3 Å². The largest absolute Gasteiger partial charge is 0.383 e. The van der Waals surface area contributed by atoms with Gasteiger partial charge in [0.1, 0.15) is 23.6 Å². The molecule has 0 aliphatic carbocycles.